The lowest BCUT2D eigenvalue weighted by molar-refractivity contribution is 0.0928. The summed E-state index contributed by atoms with van der Waals surface area (Å²) in [6.07, 6.45) is 3.44. The highest BCUT2D eigenvalue weighted by atomic mass is 19.1. The highest BCUT2D eigenvalue weighted by Crippen LogP contribution is 2.17. The molecule has 3 aromatic rings. The van der Waals surface area contributed by atoms with Crippen LogP contribution < -0.4 is 15.7 Å². The van der Waals surface area contributed by atoms with E-state index in [0.29, 0.717) is 56.2 Å². The largest absolute Gasteiger partial charge is 0.477 e. The monoisotopic (exact) mass is 425 g/mol. The van der Waals surface area contributed by atoms with Crippen LogP contribution in [0.4, 0.5) is 4.39 Å². The number of nitrogens with one attached hydrogen (secondary N) is 1. The van der Waals surface area contributed by atoms with Gasteiger partial charge in [-0.05, 0) is 49.6 Å². The van der Waals surface area contributed by atoms with Crippen molar-refractivity contribution in [2.45, 2.75) is 45.3 Å². The smallest absolute Gasteiger partial charge is 0.346 e. The Bertz CT molecular complexity index is 1120. The second kappa shape index (κ2) is 9.11. The molecule has 0 spiro atoms. The van der Waals surface area contributed by atoms with Gasteiger partial charge in [-0.25, -0.2) is 18.9 Å². The first-order valence-corrected chi connectivity index (χ1v) is 10.3. The molecule has 0 saturated heterocycles. The summed E-state index contributed by atoms with van der Waals surface area (Å²) in [5.41, 5.74) is 1.01. The van der Waals surface area contributed by atoms with Crippen molar-refractivity contribution in [2.75, 3.05) is 6.61 Å². The number of fused-ring (bicyclic) bond motifs is 1. The molecule has 1 aliphatic rings. The van der Waals surface area contributed by atoms with E-state index in [1.165, 1.54) is 16.8 Å². The predicted octanol–water partition coefficient (Wildman–Crippen LogP) is 2.16. The number of carbonyl (C=O) groups is 1. The molecular weight excluding hydrogens is 401 g/mol. The molecule has 1 N–H and O–H groups in total. The molecule has 4 rings (SSSR count). The van der Waals surface area contributed by atoms with E-state index in [1.807, 2.05) is 6.92 Å². The molecule has 8 nitrogen and oxygen atoms in total. The molecular formula is C22H24FN5O3. The van der Waals surface area contributed by atoms with E-state index in [2.05, 4.69) is 15.4 Å². The number of rotatable bonds is 6. The van der Waals surface area contributed by atoms with Gasteiger partial charge in [0.2, 0.25) is 5.88 Å². The minimum atomic E-state index is -0.315. The highest BCUT2D eigenvalue weighted by Gasteiger charge is 2.23. The van der Waals surface area contributed by atoms with Crippen molar-refractivity contribution in [2.24, 2.45) is 0 Å². The van der Waals surface area contributed by atoms with Gasteiger partial charge in [-0.15, -0.1) is 0 Å². The van der Waals surface area contributed by atoms with Crippen LogP contribution in [0.25, 0.3) is 0 Å². The molecule has 1 atom stereocenters. The second-order valence-electron chi connectivity index (χ2n) is 7.42. The fourth-order valence-electron chi connectivity index (χ4n) is 3.72. The Morgan fingerprint density at radius 2 is 2.06 bits per heavy atom. The number of carbonyl (C=O) groups excluding carboxylic acids is 1. The number of aryl methyl sites for hydroxylation is 1. The van der Waals surface area contributed by atoms with Crippen molar-refractivity contribution in [1.82, 2.24) is 24.6 Å². The van der Waals surface area contributed by atoms with Gasteiger partial charge < -0.3 is 10.1 Å². The number of amides is 1. The van der Waals surface area contributed by atoms with Crippen molar-refractivity contribution in [3.63, 3.8) is 0 Å². The van der Waals surface area contributed by atoms with Crippen LogP contribution in [0.3, 0.4) is 0 Å². The van der Waals surface area contributed by atoms with Crippen LogP contribution in [-0.4, -0.2) is 37.9 Å². The summed E-state index contributed by atoms with van der Waals surface area (Å²) in [6, 6.07) is 9.32. The molecule has 1 aromatic carbocycles. The summed E-state index contributed by atoms with van der Waals surface area (Å²) in [7, 11) is 0. The minimum Gasteiger partial charge on any atom is -0.477 e. The normalized spacial score (nSPS) is 15.7. The van der Waals surface area contributed by atoms with Crippen molar-refractivity contribution in [1.29, 1.82) is 0 Å². The molecule has 9 heteroatoms. The Morgan fingerprint density at radius 1 is 1.26 bits per heavy atom. The van der Waals surface area contributed by atoms with Gasteiger partial charge >= 0.3 is 5.69 Å². The topological polar surface area (TPSA) is 91.0 Å². The lowest BCUT2D eigenvalue weighted by atomic mass is 10.1. The first-order chi connectivity index (χ1) is 15.0. The zero-order valence-corrected chi connectivity index (χ0v) is 17.3. The number of halogens is 1. The summed E-state index contributed by atoms with van der Waals surface area (Å²) in [5, 5.41) is 7.50. The zero-order chi connectivity index (χ0) is 21.8. The number of nitrogens with zero attached hydrogens (tertiary/aromatic N) is 4. The Kier molecular flexibility index (Phi) is 6.11. The molecule has 0 radical (unpaired) electrons. The number of pyridine rings is 1. The molecule has 1 aliphatic heterocycles. The van der Waals surface area contributed by atoms with Crippen molar-refractivity contribution in [3.05, 3.63) is 75.8 Å². The fourth-order valence-corrected chi connectivity index (χ4v) is 3.72. The van der Waals surface area contributed by atoms with Gasteiger partial charge in [-0.2, -0.15) is 5.10 Å². The third-order valence-corrected chi connectivity index (χ3v) is 5.29. The molecule has 2 aromatic heterocycles. The summed E-state index contributed by atoms with van der Waals surface area (Å²) in [4.78, 5) is 29.6. The van der Waals surface area contributed by atoms with Gasteiger partial charge in [0.1, 0.15) is 17.2 Å². The van der Waals surface area contributed by atoms with E-state index < -0.39 is 0 Å². The minimum absolute atomic E-state index is 0.0890. The van der Waals surface area contributed by atoms with Gasteiger partial charge in [0.05, 0.1) is 13.2 Å². The van der Waals surface area contributed by atoms with Gasteiger partial charge in [0.15, 0.2) is 0 Å². The maximum atomic E-state index is 13.1. The van der Waals surface area contributed by atoms with E-state index in [9.17, 15) is 14.0 Å². The maximum Gasteiger partial charge on any atom is 0.346 e. The van der Waals surface area contributed by atoms with Crippen molar-refractivity contribution in [3.8, 4) is 5.88 Å². The average molecular weight is 425 g/mol. The SMILES string of the molecule is CCOc1ncccc1C(=O)NC1CCc2nn(Cc3ccc(F)cc3)c(=O)n2CC1. The Morgan fingerprint density at radius 3 is 2.84 bits per heavy atom. The van der Waals surface area contributed by atoms with E-state index >= 15 is 0 Å². The number of ether oxygens (including phenoxy) is 1. The number of hydrogen-bond acceptors (Lipinski definition) is 5. The third kappa shape index (κ3) is 4.65. The fraction of sp³-hybridized carbons (Fsp3) is 0.364. The van der Waals surface area contributed by atoms with Crippen LogP contribution >= 0.6 is 0 Å². The maximum absolute atomic E-state index is 13.1. The first-order valence-electron chi connectivity index (χ1n) is 10.3. The quantitative estimate of drug-likeness (QED) is 0.654. The zero-order valence-electron chi connectivity index (χ0n) is 17.3. The first kappa shape index (κ1) is 20.8. The van der Waals surface area contributed by atoms with Crippen LogP contribution in [0, 0.1) is 5.82 Å². The molecule has 162 valence electrons. The lowest BCUT2D eigenvalue weighted by Gasteiger charge is -2.17. The third-order valence-electron chi connectivity index (χ3n) is 5.29. The van der Waals surface area contributed by atoms with Gasteiger partial charge in [0, 0.05) is 25.2 Å². The summed E-state index contributed by atoms with van der Waals surface area (Å²) >= 11 is 0. The van der Waals surface area contributed by atoms with E-state index in [0.717, 1.165) is 5.56 Å². The van der Waals surface area contributed by atoms with Crippen LogP contribution in [0.1, 0.15) is 41.5 Å². The van der Waals surface area contributed by atoms with Crippen molar-refractivity contribution < 1.29 is 13.9 Å². The van der Waals surface area contributed by atoms with E-state index in [4.69, 9.17) is 4.74 Å². The summed E-state index contributed by atoms with van der Waals surface area (Å²) in [5.74, 6) is 0.451. The Labute approximate surface area is 178 Å². The molecule has 0 bridgehead atoms. The van der Waals surface area contributed by atoms with E-state index in [-0.39, 0.29) is 23.5 Å². The summed E-state index contributed by atoms with van der Waals surface area (Å²) < 4.78 is 21.6. The van der Waals surface area contributed by atoms with Crippen LogP contribution in [-0.2, 0) is 19.5 Å². The van der Waals surface area contributed by atoms with Crippen molar-refractivity contribution >= 4 is 5.91 Å². The molecule has 0 saturated carbocycles. The molecule has 0 fully saturated rings. The summed E-state index contributed by atoms with van der Waals surface area (Å²) in [6.45, 7) is 3.02. The molecule has 3 heterocycles. The van der Waals surface area contributed by atoms with Crippen LogP contribution in [0.5, 0.6) is 5.88 Å². The Hall–Kier alpha value is -3.49. The lowest BCUT2D eigenvalue weighted by Crippen LogP contribution is -2.36. The molecule has 0 aliphatic carbocycles. The standard InChI is InChI=1S/C22H24FN5O3/c1-2-31-21-18(4-3-12-24-21)20(29)25-17-9-10-19-26-28(22(30)27(19)13-11-17)14-15-5-7-16(23)8-6-15/h3-8,12,17H,2,9-11,13-14H2,1H3,(H,25,29). The number of aromatic nitrogens is 4. The van der Waals surface area contributed by atoms with Gasteiger partial charge in [-0.1, -0.05) is 12.1 Å². The van der Waals surface area contributed by atoms with E-state index in [1.54, 1.807) is 35.0 Å². The average Bonchev–Trinajstić information content (AvgIpc) is 2.93. The van der Waals surface area contributed by atoms with Gasteiger partial charge in [0.25, 0.3) is 5.91 Å². The van der Waals surface area contributed by atoms with Gasteiger partial charge in [-0.3, -0.25) is 9.36 Å². The number of benzene rings is 1. The molecule has 31 heavy (non-hydrogen) atoms. The highest BCUT2D eigenvalue weighted by molar-refractivity contribution is 5.96. The second-order valence-corrected chi connectivity index (χ2v) is 7.42. The molecule has 1 amide bonds. The number of hydrogen-bond donors (Lipinski definition) is 1. The van der Waals surface area contributed by atoms with Crippen LogP contribution in [0.2, 0.25) is 0 Å². The predicted molar refractivity (Wildman–Crippen MR) is 112 cm³/mol. The Balaban J connectivity index is 1.42. The molecule has 1 unspecified atom stereocenters. The van der Waals surface area contributed by atoms with Crippen LogP contribution in [0.15, 0.2) is 47.4 Å².